The second-order valence-electron chi connectivity index (χ2n) is 4.24. The zero-order chi connectivity index (χ0) is 17.4. The Morgan fingerprint density at radius 3 is 2.88 bits per heavy atom. The van der Waals surface area contributed by atoms with Crippen LogP contribution in [0.3, 0.4) is 0 Å². The van der Waals surface area contributed by atoms with E-state index in [-0.39, 0.29) is 30.1 Å². The van der Waals surface area contributed by atoms with Crippen molar-refractivity contribution < 1.29 is 23.5 Å². The fourth-order valence-corrected chi connectivity index (χ4v) is 2.27. The first-order valence-electron chi connectivity index (χ1n) is 6.87. The quantitative estimate of drug-likeness (QED) is 0.741. The van der Waals surface area contributed by atoms with Crippen molar-refractivity contribution in [2.24, 2.45) is 0 Å². The topological polar surface area (TPSA) is 104 Å². The molecule has 0 radical (unpaired) electrons. The summed E-state index contributed by atoms with van der Waals surface area (Å²) in [4.78, 5) is 22.6. The molecule has 0 unspecified atom stereocenters. The number of hydrogen-bond acceptors (Lipinski definition) is 8. The van der Waals surface area contributed by atoms with E-state index in [0.29, 0.717) is 10.8 Å². The lowest BCUT2D eigenvalue weighted by Crippen LogP contribution is -2.32. The molecule has 1 aromatic carbocycles. The van der Waals surface area contributed by atoms with Gasteiger partial charge in [0.05, 0.1) is 17.4 Å². The van der Waals surface area contributed by atoms with Gasteiger partial charge < -0.3 is 13.9 Å². The normalized spacial score (nSPS) is 10.2. The summed E-state index contributed by atoms with van der Waals surface area (Å²) in [5, 5.41) is 10.3. The lowest BCUT2D eigenvalue weighted by molar-refractivity contribution is -0.117. The number of alkyl carbamates (subject to hydrolysis) is 1. The molecule has 0 aliphatic carbocycles. The number of carbonyl (C=O) groups excluding carboxylic acids is 2. The molecule has 10 heteroatoms. The minimum Gasteiger partial charge on any atom is -0.482 e. The Balaban J connectivity index is 1.78. The lowest BCUT2D eigenvalue weighted by Gasteiger charge is -2.04. The highest BCUT2D eigenvalue weighted by atomic mass is 35.5. The molecular formula is C14H14ClN3O5S. The molecule has 128 valence electrons. The smallest absolute Gasteiger partial charge is 0.413 e. The molecule has 0 fully saturated rings. The molecule has 0 saturated carbocycles. The number of nitrogens with one attached hydrogen (secondary N) is 1. The van der Waals surface area contributed by atoms with Gasteiger partial charge in [-0.2, -0.15) is 0 Å². The van der Waals surface area contributed by atoms with Crippen molar-refractivity contribution in [1.29, 1.82) is 0 Å². The number of halogens is 1. The molecule has 0 bridgehead atoms. The zero-order valence-electron chi connectivity index (χ0n) is 12.7. The maximum absolute atomic E-state index is 11.5. The van der Waals surface area contributed by atoms with Crippen molar-refractivity contribution in [3.8, 4) is 5.75 Å². The van der Waals surface area contributed by atoms with Gasteiger partial charge in [-0.15, -0.1) is 10.2 Å². The van der Waals surface area contributed by atoms with Gasteiger partial charge in [-0.05, 0) is 19.1 Å². The average molecular weight is 372 g/mol. The Morgan fingerprint density at radius 2 is 2.12 bits per heavy atom. The number of benzene rings is 1. The van der Waals surface area contributed by atoms with Crippen molar-refractivity contribution >= 4 is 35.4 Å². The largest absolute Gasteiger partial charge is 0.482 e. The average Bonchev–Trinajstić information content (AvgIpc) is 3.00. The monoisotopic (exact) mass is 371 g/mol. The molecule has 8 nitrogen and oxygen atoms in total. The van der Waals surface area contributed by atoms with Gasteiger partial charge in [0.15, 0.2) is 6.61 Å². The maximum Gasteiger partial charge on any atom is 0.413 e. The number of aromatic nitrogens is 2. The van der Waals surface area contributed by atoms with E-state index in [1.54, 1.807) is 31.2 Å². The van der Waals surface area contributed by atoms with Crippen LogP contribution in [0.1, 0.15) is 12.8 Å². The fraction of sp³-hybridized carbons (Fsp3) is 0.286. The van der Waals surface area contributed by atoms with Crippen molar-refractivity contribution in [2.75, 3.05) is 12.4 Å². The number of imide groups is 1. The Bertz CT molecular complexity index is 709. The molecule has 24 heavy (non-hydrogen) atoms. The number of amides is 2. The summed E-state index contributed by atoms with van der Waals surface area (Å²) < 4.78 is 15.4. The van der Waals surface area contributed by atoms with Crippen LogP contribution in [-0.4, -0.2) is 34.6 Å². The van der Waals surface area contributed by atoms with E-state index in [1.165, 1.54) is 0 Å². The number of hydrogen-bond donors (Lipinski definition) is 1. The summed E-state index contributed by atoms with van der Waals surface area (Å²) in [5.74, 6) is 0.153. The van der Waals surface area contributed by atoms with Gasteiger partial charge >= 0.3 is 6.09 Å². The molecule has 0 aliphatic rings. The number of rotatable bonds is 7. The van der Waals surface area contributed by atoms with Gasteiger partial charge in [-0.1, -0.05) is 35.5 Å². The Hall–Kier alpha value is -2.26. The molecule has 2 rings (SSSR count). The van der Waals surface area contributed by atoms with Gasteiger partial charge in [0.25, 0.3) is 11.1 Å². The van der Waals surface area contributed by atoms with Crippen LogP contribution in [0, 0.1) is 0 Å². The minimum atomic E-state index is -0.789. The number of thioether (sulfide) groups is 1. The van der Waals surface area contributed by atoms with E-state index in [9.17, 15) is 9.59 Å². The molecule has 0 spiro atoms. The van der Waals surface area contributed by atoms with Gasteiger partial charge in [0, 0.05) is 0 Å². The third-order valence-electron chi connectivity index (χ3n) is 2.48. The highest BCUT2D eigenvalue weighted by Crippen LogP contribution is 2.24. The number of carbonyl (C=O) groups is 2. The minimum absolute atomic E-state index is 0.0479. The van der Waals surface area contributed by atoms with Crippen LogP contribution >= 0.6 is 23.4 Å². The second-order valence-corrected chi connectivity index (χ2v) is 5.57. The molecule has 1 heterocycles. The van der Waals surface area contributed by atoms with Gasteiger partial charge in [0.2, 0.25) is 5.91 Å². The Kier molecular flexibility index (Phi) is 6.89. The van der Waals surface area contributed by atoms with Gasteiger partial charge in [0.1, 0.15) is 5.75 Å². The summed E-state index contributed by atoms with van der Waals surface area (Å²) in [6.45, 7) is 1.88. The first-order valence-corrected chi connectivity index (χ1v) is 8.24. The molecule has 0 aliphatic heterocycles. The standard InChI is InChI=1S/C14H14ClN3O5S/c1-2-21-13(20)16-11(19)8-24-14-18-17-12(23-14)7-22-10-6-4-3-5-9(10)15/h3-6H,2,7-8H2,1H3,(H,16,19,20). The molecule has 1 aromatic heterocycles. The zero-order valence-corrected chi connectivity index (χ0v) is 14.2. The van der Waals surface area contributed by atoms with E-state index in [1.807, 2.05) is 0 Å². The van der Waals surface area contributed by atoms with Crippen LogP contribution in [0.4, 0.5) is 4.79 Å². The molecule has 1 N–H and O–H groups in total. The maximum atomic E-state index is 11.5. The van der Waals surface area contributed by atoms with E-state index in [4.69, 9.17) is 20.8 Å². The van der Waals surface area contributed by atoms with Crippen LogP contribution in [-0.2, 0) is 16.1 Å². The van der Waals surface area contributed by atoms with Gasteiger partial charge in [-0.3, -0.25) is 10.1 Å². The SMILES string of the molecule is CCOC(=O)NC(=O)CSc1nnc(COc2ccccc2Cl)o1. The molecular weight excluding hydrogens is 358 g/mol. The van der Waals surface area contributed by atoms with E-state index >= 15 is 0 Å². The first kappa shape index (κ1) is 18.1. The Labute approximate surface area is 146 Å². The molecule has 0 atom stereocenters. The summed E-state index contributed by atoms with van der Waals surface area (Å²) in [7, 11) is 0. The van der Waals surface area contributed by atoms with Crippen molar-refractivity contribution in [1.82, 2.24) is 15.5 Å². The molecule has 2 aromatic rings. The summed E-state index contributed by atoms with van der Waals surface area (Å²) >= 11 is 6.96. The molecule has 2 amide bonds. The van der Waals surface area contributed by atoms with Crippen molar-refractivity contribution in [2.45, 2.75) is 18.8 Å². The van der Waals surface area contributed by atoms with Crippen molar-refractivity contribution in [3.05, 3.63) is 35.2 Å². The number of para-hydroxylation sites is 1. The van der Waals surface area contributed by atoms with Crippen LogP contribution in [0.25, 0.3) is 0 Å². The van der Waals surface area contributed by atoms with E-state index in [0.717, 1.165) is 11.8 Å². The predicted octanol–water partition coefficient (Wildman–Crippen LogP) is 2.67. The lowest BCUT2D eigenvalue weighted by atomic mass is 10.3. The van der Waals surface area contributed by atoms with E-state index in [2.05, 4.69) is 20.3 Å². The number of ether oxygens (including phenoxy) is 2. The Morgan fingerprint density at radius 1 is 1.33 bits per heavy atom. The fourth-order valence-electron chi connectivity index (χ4n) is 1.50. The third kappa shape index (κ3) is 5.74. The van der Waals surface area contributed by atoms with Crippen LogP contribution in [0.2, 0.25) is 5.02 Å². The number of nitrogens with zero attached hydrogens (tertiary/aromatic N) is 2. The third-order valence-corrected chi connectivity index (χ3v) is 3.61. The molecule has 0 saturated heterocycles. The predicted molar refractivity (Wildman–Crippen MR) is 86.0 cm³/mol. The van der Waals surface area contributed by atoms with Crippen LogP contribution in [0.15, 0.2) is 33.9 Å². The van der Waals surface area contributed by atoms with Crippen LogP contribution in [0.5, 0.6) is 5.75 Å². The second kappa shape index (κ2) is 9.14. The van der Waals surface area contributed by atoms with Gasteiger partial charge in [-0.25, -0.2) is 4.79 Å². The van der Waals surface area contributed by atoms with E-state index < -0.39 is 12.0 Å². The highest BCUT2D eigenvalue weighted by Gasteiger charge is 2.13. The van der Waals surface area contributed by atoms with Crippen molar-refractivity contribution in [3.63, 3.8) is 0 Å². The van der Waals surface area contributed by atoms with Crippen LogP contribution < -0.4 is 10.1 Å². The summed E-state index contributed by atoms with van der Waals surface area (Å²) in [6.07, 6.45) is -0.789. The highest BCUT2D eigenvalue weighted by molar-refractivity contribution is 7.99. The summed E-state index contributed by atoms with van der Waals surface area (Å²) in [5.41, 5.74) is 0. The summed E-state index contributed by atoms with van der Waals surface area (Å²) in [6, 6.07) is 7.00. The first-order chi connectivity index (χ1) is 11.6.